The van der Waals surface area contributed by atoms with E-state index >= 15 is 0 Å². The Morgan fingerprint density at radius 1 is 1.47 bits per heavy atom. The highest BCUT2D eigenvalue weighted by Crippen LogP contribution is 2.23. The van der Waals surface area contributed by atoms with Gasteiger partial charge in [-0.25, -0.2) is 4.39 Å². The van der Waals surface area contributed by atoms with Crippen molar-refractivity contribution in [3.05, 3.63) is 29.1 Å². The lowest BCUT2D eigenvalue weighted by Crippen LogP contribution is -2.04. The highest BCUT2D eigenvalue weighted by atomic mass is 19.1. The van der Waals surface area contributed by atoms with Gasteiger partial charge in [-0.3, -0.25) is 4.79 Å². The van der Waals surface area contributed by atoms with Crippen molar-refractivity contribution in [2.45, 2.75) is 27.2 Å². The van der Waals surface area contributed by atoms with Crippen LogP contribution in [0.1, 0.15) is 36.2 Å². The second-order valence-electron chi connectivity index (χ2n) is 4.14. The summed E-state index contributed by atoms with van der Waals surface area (Å²) in [5.41, 5.74) is 0.586. The second-order valence-corrected chi connectivity index (χ2v) is 4.14. The standard InChI is InChI=1S/C12H15FO2/c1-7(2)4-11(14)9-5-8(3)10(13)6-12(9)15/h5-7,15H,4H2,1-3H3. The predicted octanol–water partition coefficient (Wildman–Crippen LogP) is 3.07. The zero-order valence-electron chi connectivity index (χ0n) is 9.17. The van der Waals surface area contributed by atoms with Crippen molar-refractivity contribution in [3.63, 3.8) is 0 Å². The summed E-state index contributed by atoms with van der Waals surface area (Å²) in [5, 5.41) is 9.44. The van der Waals surface area contributed by atoms with Crippen molar-refractivity contribution < 1.29 is 14.3 Å². The highest BCUT2D eigenvalue weighted by molar-refractivity contribution is 5.98. The summed E-state index contributed by atoms with van der Waals surface area (Å²) in [6, 6.07) is 2.39. The number of hydrogen-bond acceptors (Lipinski definition) is 2. The number of phenols is 1. The lowest BCUT2D eigenvalue weighted by molar-refractivity contribution is 0.0965. The van der Waals surface area contributed by atoms with Crippen LogP contribution in [0.2, 0.25) is 0 Å². The maximum absolute atomic E-state index is 13.0. The topological polar surface area (TPSA) is 37.3 Å². The number of phenolic OH excluding ortho intramolecular Hbond substituents is 1. The van der Waals surface area contributed by atoms with Gasteiger partial charge >= 0.3 is 0 Å². The van der Waals surface area contributed by atoms with Crippen LogP contribution in [-0.4, -0.2) is 10.9 Å². The Labute approximate surface area is 88.7 Å². The van der Waals surface area contributed by atoms with Crippen molar-refractivity contribution in [3.8, 4) is 5.75 Å². The first-order chi connectivity index (χ1) is 6.91. The zero-order chi connectivity index (χ0) is 11.6. The molecule has 0 aromatic heterocycles. The van der Waals surface area contributed by atoms with E-state index in [0.717, 1.165) is 6.07 Å². The van der Waals surface area contributed by atoms with Crippen LogP contribution in [0.3, 0.4) is 0 Å². The molecule has 1 aromatic rings. The molecular weight excluding hydrogens is 195 g/mol. The van der Waals surface area contributed by atoms with Gasteiger partial charge < -0.3 is 5.11 Å². The molecule has 1 N–H and O–H groups in total. The molecule has 0 aliphatic heterocycles. The van der Waals surface area contributed by atoms with E-state index in [9.17, 15) is 14.3 Å². The fourth-order valence-electron chi connectivity index (χ4n) is 1.38. The van der Waals surface area contributed by atoms with Crippen LogP contribution in [0, 0.1) is 18.7 Å². The fourth-order valence-corrected chi connectivity index (χ4v) is 1.38. The van der Waals surface area contributed by atoms with E-state index in [1.165, 1.54) is 6.07 Å². The van der Waals surface area contributed by atoms with Crippen LogP contribution in [-0.2, 0) is 0 Å². The van der Waals surface area contributed by atoms with E-state index in [2.05, 4.69) is 0 Å². The Balaban J connectivity index is 3.04. The highest BCUT2D eigenvalue weighted by Gasteiger charge is 2.14. The van der Waals surface area contributed by atoms with Gasteiger partial charge in [0, 0.05) is 12.5 Å². The minimum Gasteiger partial charge on any atom is -0.507 e. The summed E-state index contributed by atoms with van der Waals surface area (Å²) in [5.74, 6) is -0.690. The minimum absolute atomic E-state index is 0.148. The Morgan fingerprint density at radius 3 is 2.60 bits per heavy atom. The molecule has 0 saturated heterocycles. The molecule has 0 heterocycles. The number of ketones is 1. The van der Waals surface area contributed by atoms with Crippen molar-refractivity contribution in [1.82, 2.24) is 0 Å². The van der Waals surface area contributed by atoms with Gasteiger partial charge in [-0.1, -0.05) is 13.8 Å². The first-order valence-corrected chi connectivity index (χ1v) is 4.94. The van der Waals surface area contributed by atoms with Gasteiger partial charge in [0.1, 0.15) is 11.6 Å². The van der Waals surface area contributed by atoms with E-state index in [1.54, 1.807) is 6.92 Å². The molecule has 0 aliphatic rings. The minimum atomic E-state index is -0.492. The Hall–Kier alpha value is -1.38. The van der Waals surface area contributed by atoms with Crippen molar-refractivity contribution in [2.24, 2.45) is 5.92 Å². The van der Waals surface area contributed by atoms with Crippen LogP contribution >= 0.6 is 0 Å². The van der Waals surface area contributed by atoms with Crippen LogP contribution in [0.5, 0.6) is 5.75 Å². The quantitative estimate of drug-likeness (QED) is 0.778. The van der Waals surface area contributed by atoms with E-state index in [1.807, 2.05) is 13.8 Å². The molecule has 0 fully saturated rings. The first kappa shape index (κ1) is 11.7. The number of Topliss-reactive ketones (excluding diaryl/α,β-unsaturated/α-hetero) is 1. The SMILES string of the molecule is Cc1cc(C(=O)CC(C)C)c(O)cc1F. The maximum atomic E-state index is 13.0. The van der Waals surface area contributed by atoms with E-state index < -0.39 is 5.82 Å². The molecule has 3 heteroatoms. The van der Waals surface area contributed by atoms with Crippen LogP contribution in [0.15, 0.2) is 12.1 Å². The molecule has 82 valence electrons. The summed E-state index contributed by atoms with van der Waals surface area (Å²) >= 11 is 0. The summed E-state index contributed by atoms with van der Waals surface area (Å²) < 4.78 is 13.0. The number of aromatic hydroxyl groups is 1. The number of hydrogen-bond donors (Lipinski definition) is 1. The van der Waals surface area contributed by atoms with E-state index in [4.69, 9.17) is 0 Å². The Kier molecular flexibility index (Phi) is 3.45. The largest absolute Gasteiger partial charge is 0.507 e. The molecule has 0 saturated carbocycles. The third-order valence-corrected chi connectivity index (χ3v) is 2.17. The molecule has 2 nitrogen and oxygen atoms in total. The molecule has 1 aromatic carbocycles. The third kappa shape index (κ3) is 2.78. The summed E-state index contributed by atoms with van der Waals surface area (Å²) in [6.45, 7) is 5.41. The van der Waals surface area contributed by atoms with Crippen molar-refractivity contribution in [2.75, 3.05) is 0 Å². The van der Waals surface area contributed by atoms with Crippen molar-refractivity contribution >= 4 is 5.78 Å². The fraction of sp³-hybridized carbons (Fsp3) is 0.417. The number of benzene rings is 1. The summed E-state index contributed by atoms with van der Waals surface area (Å²) in [7, 11) is 0. The molecule has 0 atom stereocenters. The molecule has 0 aliphatic carbocycles. The smallest absolute Gasteiger partial charge is 0.166 e. The Bertz CT molecular complexity index is 383. The third-order valence-electron chi connectivity index (χ3n) is 2.17. The average molecular weight is 210 g/mol. The summed E-state index contributed by atoms with van der Waals surface area (Å²) in [4.78, 5) is 11.7. The number of carbonyl (C=O) groups is 1. The van der Waals surface area contributed by atoms with Crippen molar-refractivity contribution in [1.29, 1.82) is 0 Å². The van der Waals surface area contributed by atoms with Crippen LogP contribution < -0.4 is 0 Å². The molecular formula is C12H15FO2. The van der Waals surface area contributed by atoms with Gasteiger partial charge in [-0.2, -0.15) is 0 Å². The molecule has 0 unspecified atom stereocenters. The normalized spacial score (nSPS) is 10.7. The van der Waals surface area contributed by atoms with Gasteiger partial charge in [0.05, 0.1) is 5.56 Å². The first-order valence-electron chi connectivity index (χ1n) is 4.94. The average Bonchev–Trinajstić information content (AvgIpc) is 2.09. The lowest BCUT2D eigenvalue weighted by Gasteiger charge is -2.07. The van der Waals surface area contributed by atoms with Crippen LogP contribution in [0.25, 0.3) is 0 Å². The number of aryl methyl sites for hydroxylation is 1. The molecule has 15 heavy (non-hydrogen) atoms. The van der Waals surface area contributed by atoms with Gasteiger partial charge in [0.15, 0.2) is 5.78 Å². The van der Waals surface area contributed by atoms with Gasteiger partial charge in [-0.15, -0.1) is 0 Å². The van der Waals surface area contributed by atoms with E-state index in [-0.39, 0.29) is 23.0 Å². The molecule has 0 amide bonds. The second kappa shape index (κ2) is 4.43. The number of halogens is 1. The maximum Gasteiger partial charge on any atom is 0.166 e. The predicted molar refractivity (Wildman–Crippen MR) is 56.6 cm³/mol. The van der Waals surface area contributed by atoms with Gasteiger partial charge in [0.25, 0.3) is 0 Å². The molecule has 0 radical (unpaired) electrons. The lowest BCUT2D eigenvalue weighted by atomic mass is 9.99. The van der Waals surface area contributed by atoms with E-state index in [0.29, 0.717) is 12.0 Å². The zero-order valence-corrected chi connectivity index (χ0v) is 9.17. The molecule has 1 rings (SSSR count). The summed E-state index contributed by atoms with van der Waals surface area (Å²) in [6.07, 6.45) is 0.360. The van der Waals surface area contributed by atoms with Crippen LogP contribution in [0.4, 0.5) is 4.39 Å². The monoisotopic (exact) mass is 210 g/mol. The number of carbonyl (C=O) groups excluding carboxylic acids is 1. The Morgan fingerprint density at radius 2 is 2.07 bits per heavy atom. The molecule has 0 bridgehead atoms. The van der Waals surface area contributed by atoms with Gasteiger partial charge in [-0.05, 0) is 24.5 Å². The number of rotatable bonds is 3. The molecule has 0 spiro atoms. The van der Waals surface area contributed by atoms with Gasteiger partial charge in [0.2, 0.25) is 0 Å².